The predicted octanol–water partition coefficient (Wildman–Crippen LogP) is 2.96. The van der Waals surface area contributed by atoms with Crippen molar-refractivity contribution in [2.45, 2.75) is 25.3 Å². The van der Waals surface area contributed by atoms with Crippen LogP contribution in [0.25, 0.3) is 0 Å². The van der Waals surface area contributed by atoms with Crippen LogP contribution < -0.4 is 5.32 Å². The van der Waals surface area contributed by atoms with Gasteiger partial charge in [-0.15, -0.1) is 0 Å². The number of amides is 1. The number of hydrogen-bond acceptors (Lipinski definition) is 2. The maximum absolute atomic E-state index is 12.3. The van der Waals surface area contributed by atoms with E-state index in [0.29, 0.717) is 13.0 Å². The molecule has 0 aliphatic carbocycles. The summed E-state index contributed by atoms with van der Waals surface area (Å²) in [5, 5.41) is 3.06. The standard InChI is InChI=1S/C20H24N2O/c1-22-14-12-17-9-5-6-10-18(17)19(22)15-20(23)21-13-11-16-7-3-2-4-8-16/h2-10,19H,11-15H2,1H3,(H,21,23)/t19-/m0/s1. The molecule has 3 nitrogen and oxygen atoms in total. The largest absolute Gasteiger partial charge is 0.356 e. The SMILES string of the molecule is CN1CCc2ccccc2[C@@H]1CC(=O)NCCc1ccccc1. The highest BCUT2D eigenvalue weighted by molar-refractivity contribution is 5.77. The van der Waals surface area contributed by atoms with Gasteiger partial charge >= 0.3 is 0 Å². The van der Waals surface area contributed by atoms with Gasteiger partial charge in [0.25, 0.3) is 0 Å². The van der Waals surface area contributed by atoms with E-state index in [-0.39, 0.29) is 11.9 Å². The van der Waals surface area contributed by atoms with Crippen molar-refractivity contribution in [2.75, 3.05) is 20.1 Å². The number of benzene rings is 2. The number of carbonyl (C=O) groups is 1. The summed E-state index contributed by atoms with van der Waals surface area (Å²) in [6.45, 7) is 1.71. The summed E-state index contributed by atoms with van der Waals surface area (Å²) in [7, 11) is 2.11. The summed E-state index contributed by atoms with van der Waals surface area (Å²) >= 11 is 0. The van der Waals surface area contributed by atoms with Crippen LogP contribution in [-0.4, -0.2) is 30.9 Å². The van der Waals surface area contributed by atoms with Gasteiger partial charge in [-0.3, -0.25) is 9.69 Å². The molecule has 1 heterocycles. The van der Waals surface area contributed by atoms with Crippen molar-refractivity contribution in [1.82, 2.24) is 10.2 Å². The van der Waals surface area contributed by atoms with E-state index in [0.717, 1.165) is 19.4 Å². The van der Waals surface area contributed by atoms with Crippen molar-refractivity contribution in [3.63, 3.8) is 0 Å². The average Bonchev–Trinajstić information content (AvgIpc) is 2.58. The first-order valence-corrected chi connectivity index (χ1v) is 8.32. The van der Waals surface area contributed by atoms with Crippen LogP contribution in [0.2, 0.25) is 0 Å². The molecular formula is C20H24N2O. The molecule has 0 fully saturated rings. The van der Waals surface area contributed by atoms with E-state index in [9.17, 15) is 4.79 Å². The highest BCUT2D eigenvalue weighted by Gasteiger charge is 2.26. The highest BCUT2D eigenvalue weighted by atomic mass is 16.1. The fourth-order valence-electron chi connectivity index (χ4n) is 3.28. The molecule has 0 aromatic heterocycles. The van der Waals surface area contributed by atoms with Crippen LogP contribution in [0.4, 0.5) is 0 Å². The van der Waals surface area contributed by atoms with Crippen molar-refractivity contribution < 1.29 is 4.79 Å². The minimum atomic E-state index is 0.134. The van der Waals surface area contributed by atoms with Gasteiger partial charge in [0.2, 0.25) is 5.91 Å². The smallest absolute Gasteiger partial charge is 0.221 e. The molecule has 120 valence electrons. The summed E-state index contributed by atoms with van der Waals surface area (Å²) in [6.07, 6.45) is 2.48. The van der Waals surface area contributed by atoms with E-state index in [4.69, 9.17) is 0 Å². The van der Waals surface area contributed by atoms with Crippen LogP contribution in [-0.2, 0) is 17.6 Å². The van der Waals surface area contributed by atoms with Crippen LogP contribution in [0.1, 0.15) is 29.2 Å². The Kier molecular flexibility index (Phi) is 5.09. The Balaban J connectivity index is 1.55. The second kappa shape index (κ2) is 7.42. The summed E-state index contributed by atoms with van der Waals surface area (Å²) in [4.78, 5) is 14.6. The van der Waals surface area contributed by atoms with Crippen LogP contribution in [0.3, 0.4) is 0 Å². The number of nitrogens with zero attached hydrogens (tertiary/aromatic N) is 1. The van der Waals surface area contributed by atoms with E-state index < -0.39 is 0 Å². The Morgan fingerprint density at radius 3 is 2.70 bits per heavy atom. The molecule has 1 aliphatic heterocycles. The zero-order valence-electron chi connectivity index (χ0n) is 13.7. The predicted molar refractivity (Wildman–Crippen MR) is 93.3 cm³/mol. The lowest BCUT2D eigenvalue weighted by molar-refractivity contribution is -0.122. The summed E-state index contributed by atoms with van der Waals surface area (Å²) in [5.74, 6) is 0.134. The fourth-order valence-corrected chi connectivity index (χ4v) is 3.28. The van der Waals surface area contributed by atoms with Crippen molar-refractivity contribution in [3.8, 4) is 0 Å². The molecule has 0 saturated carbocycles. The molecule has 23 heavy (non-hydrogen) atoms. The molecule has 1 amide bonds. The van der Waals surface area contributed by atoms with E-state index in [1.165, 1.54) is 16.7 Å². The zero-order valence-corrected chi connectivity index (χ0v) is 13.7. The number of hydrogen-bond donors (Lipinski definition) is 1. The van der Waals surface area contributed by atoms with E-state index >= 15 is 0 Å². The van der Waals surface area contributed by atoms with Gasteiger partial charge in [0.15, 0.2) is 0 Å². The van der Waals surface area contributed by atoms with Gasteiger partial charge in [-0.05, 0) is 36.6 Å². The Bertz CT molecular complexity index is 654. The molecule has 1 atom stereocenters. The van der Waals surface area contributed by atoms with E-state index in [1.807, 2.05) is 18.2 Å². The lowest BCUT2D eigenvalue weighted by Crippen LogP contribution is -2.36. The molecular weight excluding hydrogens is 284 g/mol. The van der Waals surface area contributed by atoms with Gasteiger partial charge in [-0.2, -0.15) is 0 Å². The monoisotopic (exact) mass is 308 g/mol. The van der Waals surface area contributed by atoms with Crippen molar-refractivity contribution in [2.24, 2.45) is 0 Å². The quantitative estimate of drug-likeness (QED) is 0.921. The lowest BCUT2D eigenvalue weighted by Gasteiger charge is -2.34. The van der Waals surface area contributed by atoms with Gasteiger partial charge < -0.3 is 5.32 Å². The number of rotatable bonds is 5. The first-order valence-electron chi connectivity index (χ1n) is 8.32. The molecule has 2 aromatic carbocycles. The minimum Gasteiger partial charge on any atom is -0.356 e. The van der Waals surface area contributed by atoms with Crippen LogP contribution >= 0.6 is 0 Å². The second-order valence-corrected chi connectivity index (χ2v) is 6.23. The summed E-state index contributed by atoms with van der Waals surface area (Å²) < 4.78 is 0. The second-order valence-electron chi connectivity index (χ2n) is 6.23. The molecule has 1 N–H and O–H groups in total. The highest BCUT2D eigenvalue weighted by Crippen LogP contribution is 2.30. The van der Waals surface area contributed by atoms with E-state index in [1.54, 1.807) is 0 Å². The van der Waals surface area contributed by atoms with Gasteiger partial charge in [-0.1, -0.05) is 54.6 Å². The Labute approximate surface area is 138 Å². The molecule has 3 rings (SSSR count). The summed E-state index contributed by atoms with van der Waals surface area (Å²) in [5.41, 5.74) is 3.94. The number of likely N-dealkylation sites (N-methyl/N-ethyl adjacent to an activating group) is 1. The lowest BCUT2D eigenvalue weighted by atomic mass is 9.91. The van der Waals surface area contributed by atoms with Crippen molar-refractivity contribution in [3.05, 3.63) is 71.3 Å². The minimum absolute atomic E-state index is 0.134. The molecule has 1 aliphatic rings. The normalized spacial score (nSPS) is 17.5. The van der Waals surface area contributed by atoms with Crippen LogP contribution in [0.5, 0.6) is 0 Å². The van der Waals surface area contributed by atoms with Crippen molar-refractivity contribution >= 4 is 5.91 Å². The third-order valence-electron chi connectivity index (χ3n) is 4.64. The van der Waals surface area contributed by atoms with Gasteiger partial charge in [0.05, 0.1) is 0 Å². The topological polar surface area (TPSA) is 32.3 Å². The molecule has 0 saturated heterocycles. The van der Waals surface area contributed by atoms with Gasteiger partial charge in [0, 0.05) is 25.6 Å². The number of fused-ring (bicyclic) bond motifs is 1. The molecule has 0 unspecified atom stereocenters. The third-order valence-corrected chi connectivity index (χ3v) is 4.64. The average molecular weight is 308 g/mol. The molecule has 0 bridgehead atoms. The van der Waals surface area contributed by atoms with Crippen molar-refractivity contribution in [1.29, 1.82) is 0 Å². The molecule has 2 aromatic rings. The van der Waals surface area contributed by atoms with Gasteiger partial charge in [-0.25, -0.2) is 0 Å². The maximum atomic E-state index is 12.3. The molecule has 3 heteroatoms. The number of nitrogens with one attached hydrogen (secondary N) is 1. The van der Waals surface area contributed by atoms with Gasteiger partial charge in [0.1, 0.15) is 0 Å². The third kappa shape index (κ3) is 3.99. The Hall–Kier alpha value is -2.13. The Morgan fingerprint density at radius 2 is 1.87 bits per heavy atom. The summed E-state index contributed by atoms with van der Waals surface area (Å²) in [6, 6.07) is 19.0. The fraction of sp³-hybridized carbons (Fsp3) is 0.350. The maximum Gasteiger partial charge on any atom is 0.221 e. The zero-order chi connectivity index (χ0) is 16.1. The van der Waals surface area contributed by atoms with Crippen LogP contribution in [0.15, 0.2) is 54.6 Å². The molecule has 0 spiro atoms. The van der Waals surface area contributed by atoms with Crippen LogP contribution in [0, 0.1) is 0 Å². The van der Waals surface area contributed by atoms with E-state index in [2.05, 4.69) is 53.7 Å². The molecule has 0 radical (unpaired) electrons. The first-order chi connectivity index (χ1) is 11.2. The Morgan fingerprint density at radius 1 is 1.13 bits per heavy atom. The number of carbonyl (C=O) groups excluding carboxylic acids is 1. The first kappa shape index (κ1) is 15.8.